The van der Waals surface area contributed by atoms with Crippen LogP contribution in [-0.4, -0.2) is 36.7 Å². The van der Waals surface area contributed by atoms with Gasteiger partial charge in [0.2, 0.25) is 0 Å². The number of anilines is 1. The van der Waals surface area contributed by atoms with E-state index in [2.05, 4.69) is 5.32 Å². The standard InChI is InChI=1S/C15H20ClFN2O2/c1-2-19(10-12-5-3-4-8-21-12)15(20)18-14-7-6-11(17)9-13(14)16/h6-7,9,12H,2-5,8,10H2,1H3,(H,18,20)/t12-/m1/s1. The number of hydrogen-bond donors (Lipinski definition) is 1. The fourth-order valence-corrected chi connectivity index (χ4v) is 2.55. The van der Waals surface area contributed by atoms with Gasteiger partial charge < -0.3 is 15.0 Å². The molecule has 116 valence electrons. The first kappa shape index (κ1) is 16.0. The number of likely N-dealkylation sites (N-methyl/N-ethyl adjacent to an activating group) is 1. The second kappa shape index (κ2) is 7.61. The van der Waals surface area contributed by atoms with E-state index in [9.17, 15) is 9.18 Å². The molecule has 1 atom stereocenters. The van der Waals surface area contributed by atoms with Crippen molar-refractivity contribution in [3.63, 3.8) is 0 Å². The summed E-state index contributed by atoms with van der Waals surface area (Å²) >= 11 is 5.92. The third-order valence-corrected chi connectivity index (χ3v) is 3.85. The summed E-state index contributed by atoms with van der Waals surface area (Å²) in [5.41, 5.74) is 0.408. The van der Waals surface area contributed by atoms with Gasteiger partial charge in [-0.1, -0.05) is 11.6 Å². The molecule has 2 amide bonds. The first-order valence-corrected chi connectivity index (χ1v) is 7.60. The van der Waals surface area contributed by atoms with Gasteiger partial charge in [-0.05, 0) is 44.4 Å². The van der Waals surface area contributed by atoms with E-state index in [0.29, 0.717) is 18.8 Å². The minimum absolute atomic E-state index is 0.0909. The molecule has 6 heteroatoms. The first-order chi connectivity index (χ1) is 10.1. The lowest BCUT2D eigenvalue weighted by atomic mass is 10.1. The Morgan fingerprint density at radius 2 is 2.33 bits per heavy atom. The zero-order valence-electron chi connectivity index (χ0n) is 12.1. The molecule has 4 nitrogen and oxygen atoms in total. The zero-order chi connectivity index (χ0) is 15.2. The molecule has 1 N–H and O–H groups in total. The Labute approximate surface area is 129 Å². The van der Waals surface area contributed by atoms with Gasteiger partial charge in [-0.15, -0.1) is 0 Å². The van der Waals surface area contributed by atoms with E-state index in [1.807, 2.05) is 6.92 Å². The smallest absolute Gasteiger partial charge is 0.321 e. The summed E-state index contributed by atoms with van der Waals surface area (Å²) in [6.45, 7) is 3.80. The summed E-state index contributed by atoms with van der Waals surface area (Å²) in [5, 5.41) is 2.90. The number of carbonyl (C=O) groups excluding carboxylic acids is 1. The van der Waals surface area contributed by atoms with Crippen molar-refractivity contribution >= 4 is 23.3 Å². The molecule has 0 aliphatic carbocycles. The molecule has 1 aliphatic heterocycles. The topological polar surface area (TPSA) is 41.6 Å². The molecule has 0 spiro atoms. The van der Waals surface area contributed by atoms with Crippen molar-refractivity contribution in [1.82, 2.24) is 4.90 Å². The maximum atomic E-state index is 13.0. The normalized spacial score (nSPS) is 18.3. The summed E-state index contributed by atoms with van der Waals surface area (Å²) < 4.78 is 18.6. The molecule has 1 aromatic rings. The predicted octanol–water partition coefficient (Wildman–Crippen LogP) is 3.90. The molecule has 0 saturated carbocycles. The monoisotopic (exact) mass is 314 g/mol. The molecule has 0 unspecified atom stereocenters. The second-order valence-electron chi connectivity index (χ2n) is 5.08. The summed E-state index contributed by atoms with van der Waals surface area (Å²) in [7, 11) is 0. The van der Waals surface area contributed by atoms with Gasteiger partial charge in [-0.2, -0.15) is 0 Å². The van der Waals surface area contributed by atoms with Crippen LogP contribution in [0.25, 0.3) is 0 Å². The van der Waals surface area contributed by atoms with Crippen molar-refractivity contribution in [1.29, 1.82) is 0 Å². The van der Waals surface area contributed by atoms with Gasteiger partial charge in [-0.3, -0.25) is 0 Å². The Bertz CT molecular complexity index is 493. The van der Waals surface area contributed by atoms with Crippen molar-refractivity contribution in [2.45, 2.75) is 32.3 Å². The Hall–Kier alpha value is -1.33. The van der Waals surface area contributed by atoms with Crippen molar-refractivity contribution in [3.8, 4) is 0 Å². The molecule has 0 bridgehead atoms. The molecule has 0 aromatic heterocycles. The SMILES string of the molecule is CCN(C[C@H]1CCCCO1)C(=O)Nc1ccc(F)cc1Cl. The van der Waals surface area contributed by atoms with E-state index in [0.717, 1.165) is 25.9 Å². The van der Waals surface area contributed by atoms with E-state index in [1.54, 1.807) is 4.90 Å². The largest absolute Gasteiger partial charge is 0.376 e. The maximum Gasteiger partial charge on any atom is 0.321 e. The predicted molar refractivity (Wildman–Crippen MR) is 81.3 cm³/mol. The number of nitrogens with one attached hydrogen (secondary N) is 1. The lowest BCUT2D eigenvalue weighted by molar-refractivity contribution is 0.00221. The molecule has 21 heavy (non-hydrogen) atoms. The summed E-state index contributed by atoms with van der Waals surface area (Å²) in [6.07, 6.45) is 3.28. The number of nitrogens with zero attached hydrogens (tertiary/aromatic N) is 1. The van der Waals surface area contributed by atoms with Crippen LogP contribution in [0.3, 0.4) is 0 Å². The molecule has 1 fully saturated rings. The van der Waals surface area contributed by atoms with Gasteiger partial charge >= 0.3 is 6.03 Å². The Balaban J connectivity index is 1.95. The second-order valence-corrected chi connectivity index (χ2v) is 5.49. The quantitative estimate of drug-likeness (QED) is 0.915. The van der Waals surface area contributed by atoms with Crippen molar-refractivity contribution < 1.29 is 13.9 Å². The first-order valence-electron chi connectivity index (χ1n) is 7.22. The van der Waals surface area contributed by atoms with Gasteiger partial charge in [0.1, 0.15) is 5.82 Å². The van der Waals surface area contributed by atoms with Gasteiger partial charge in [0.25, 0.3) is 0 Å². The number of urea groups is 1. The average Bonchev–Trinajstić information content (AvgIpc) is 2.48. The highest BCUT2D eigenvalue weighted by Gasteiger charge is 2.21. The highest BCUT2D eigenvalue weighted by molar-refractivity contribution is 6.33. The lowest BCUT2D eigenvalue weighted by Gasteiger charge is -2.29. The number of rotatable bonds is 4. The van der Waals surface area contributed by atoms with Crippen LogP contribution in [0.2, 0.25) is 5.02 Å². The van der Waals surface area contributed by atoms with Gasteiger partial charge in [0.05, 0.1) is 16.8 Å². The van der Waals surface area contributed by atoms with Crippen molar-refractivity contribution in [2.24, 2.45) is 0 Å². The van der Waals surface area contributed by atoms with E-state index >= 15 is 0 Å². The fourth-order valence-electron chi connectivity index (χ4n) is 2.34. The van der Waals surface area contributed by atoms with E-state index in [4.69, 9.17) is 16.3 Å². The number of halogens is 2. The third kappa shape index (κ3) is 4.58. The van der Waals surface area contributed by atoms with Crippen molar-refractivity contribution in [3.05, 3.63) is 29.0 Å². The Morgan fingerprint density at radius 1 is 1.52 bits per heavy atom. The highest BCUT2D eigenvalue weighted by Crippen LogP contribution is 2.23. The van der Waals surface area contributed by atoms with Crippen LogP contribution in [0.4, 0.5) is 14.9 Å². The zero-order valence-corrected chi connectivity index (χ0v) is 12.8. The Morgan fingerprint density at radius 3 is 2.95 bits per heavy atom. The lowest BCUT2D eigenvalue weighted by Crippen LogP contribution is -2.41. The maximum absolute atomic E-state index is 13.0. The molecule has 1 heterocycles. The van der Waals surface area contributed by atoms with Crippen LogP contribution in [0, 0.1) is 5.82 Å². The van der Waals surface area contributed by atoms with Crippen LogP contribution in [0.15, 0.2) is 18.2 Å². The molecule has 1 saturated heterocycles. The van der Waals surface area contributed by atoms with Gasteiger partial charge in [0.15, 0.2) is 0 Å². The summed E-state index contributed by atoms with van der Waals surface area (Å²) in [5.74, 6) is -0.430. The van der Waals surface area contributed by atoms with Crippen LogP contribution >= 0.6 is 11.6 Å². The van der Waals surface area contributed by atoms with Crippen LogP contribution in [0.5, 0.6) is 0 Å². The van der Waals surface area contributed by atoms with E-state index in [1.165, 1.54) is 18.2 Å². The minimum Gasteiger partial charge on any atom is -0.376 e. The number of hydrogen-bond acceptors (Lipinski definition) is 2. The molecular weight excluding hydrogens is 295 g/mol. The number of ether oxygens (including phenoxy) is 1. The third-order valence-electron chi connectivity index (χ3n) is 3.54. The van der Waals surface area contributed by atoms with Gasteiger partial charge in [0, 0.05) is 19.7 Å². The molecule has 1 aromatic carbocycles. The number of amides is 2. The van der Waals surface area contributed by atoms with Crippen LogP contribution in [0.1, 0.15) is 26.2 Å². The fraction of sp³-hybridized carbons (Fsp3) is 0.533. The van der Waals surface area contributed by atoms with Gasteiger partial charge in [-0.25, -0.2) is 9.18 Å². The highest BCUT2D eigenvalue weighted by atomic mass is 35.5. The number of benzene rings is 1. The minimum atomic E-state index is -0.430. The molecular formula is C15H20ClFN2O2. The van der Waals surface area contributed by atoms with Crippen LogP contribution < -0.4 is 5.32 Å². The molecule has 2 rings (SSSR count). The van der Waals surface area contributed by atoms with Crippen molar-refractivity contribution in [2.75, 3.05) is 25.0 Å². The molecule has 1 aliphatic rings. The number of carbonyl (C=O) groups is 1. The van der Waals surface area contributed by atoms with E-state index in [-0.39, 0.29) is 17.2 Å². The van der Waals surface area contributed by atoms with E-state index < -0.39 is 5.82 Å². The Kier molecular flexibility index (Phi) is 5.82. The molecule has 0 radical (unpaired) electrons. The summed E-state index contributed by atoms with van der Waals surface area (Å²) in [4.78, 5) is 13.9. The van der Waals surface area contributed by atoms with Crippen LogP contribution in [-0.2, 0) is 4.74 Å². The summed E-state index contributed by atoms with van der Waals surface area (Å²) in [6, 6.07) is 3.65. The average molecular weight is 315 g/mol.